The first-order valence-electron chi connectivity index (χ1n) is 10.2. The largest absolute Gasteiger partial charge is 0.492 e. The number of carbonyl (C=O) groups excluding carboxylic acids is 2. The number of aliphatic hydroxyl groups excluding tert-OH is 1. The first kappa shape index (κ1) is 23.0. The summed E-state index contributed by atoms with van der Waals surface area (Å²) < 4.78 is 27.7. The minimum absolute atomic E-state index is 0.0101. The van der Waals surface area contributed by atoms with E-state index in [2.05, 4.69) is 20.4 Å². The molecule has 11 nitrogen and oxygen atoms in total. The fourth-order valence-electron chi connectivity index (χ4n) is 3.48. The molecule has 12 heteroatoms. The van der Waals surface area contributed by atoms with Crippen LogP contribution in [0, 0.1) is 0 Å². The number of nitrogens with zero attached hydrogens (tertiary/aromatic N) is 6. The van der Waals surface area contributed by atoms with E-state index in [4.69, 9.17) is 0 Å². The number of para-hydroxylation sites is 1. The monoisotopic (exact) mass is 480 g/mol. The van der Waals surface area contributed by atoms with Gasteiger partial charge < -0.3 is 10.0 Å². The average Bonchev–Trinajstić information content (AvgIpc) is 3.24. The van der Waals surface area contributed by atoms with Gasteiger partial charge in [0.1, 0.15) is 5.78 Å². The molecule has 0 aliphatic carbocycles. The zero-order valence-electron chi connectivity index (χ0n) is 18.3. The number of hydrogen-bond donors (Lipinski definition) is 1. The van der Waals surface area contributed by atoms with Crippen molar-refractivity contribution in [2.24, 2.45) is 10.2 Å². The predicted molar refractivity (Wildman–Crippen MR) is 121 cm³/mol. The standard InChI is InChI=1S/C22H20N6O5S/c1-3-27-19(18(30)15-9-5-4-6-10-15)23-25-22(27)26-24-20-21(31)28(13-14(2)29)16-11-7-8-12-17(16)34(20,32)33/h4-12,31H,3,13H2,1-2H3. The van der Waals surface area contributed by atoms with E-state index in [0.29, 0.717) is 5.56 Å². The van der Waals surface area contributed by atoms with Gasteiger partial charge in [-0.2, -0.15) is 0 Å². The Hall–Kier alpha value is -4.19. The predicted octanol–water partition coefficient (Wildman–Crippen LogP) is 3.18. The number of Topliss-reactive ketones (excluding diaryl/α,β-unsaturated/α-hetero) is 1. The number of hydrogen-bond acceptors (Lipinski definition) is 10. The van der Waals surface area contributed by atoms with Crippen LogP contribution in [0.5, 0.6) is 0 Å². The number of fused-ring (bicyclic) bond motifs is 1. The van der Waals surface area contributed by atoms with E-state index in [1.807, 2.05) is 0 Å². The van der Waals surface area contributed by atoms with Gasteiger partial charge in [-0.3, -0.25) is 14.2 Å². The van der Waals surface area contributed by atoms with Gasteiger partial charge in [0.25, 0.3) is 5.95 Å². The molecule has 0 unspecified atom stereocenters. The molecule has 0 saturated heterocycles. The summed E-state index contributed by atoms with van der Waals surface area (Å²) in [6, 6.07) is 14.4. The molecule has 4 rings (SSSR count). The summed E-state index contributed by atoms with van der Waals surface area (Å²) in [6.07, 6.45) is 0. The maximum atomic E-state index is 13.1. The molecular formula is C22H20N6O5S. The van der Waals surface area contributed by atoms with Gasteiger partial charge in [-0.15, -0.1) is 20.4 Å². The lowest BCUT2D eigenvalue weighted by molar-refractivity contribution is -0.115. The van der Waals surface area contributed by atoms with E-state index < -0.39 is 20.7 Å². The molecule has 0 amide bonds. The van der Waals surface area contributed by atoms with E-state index in [1.54, 1.807) is 43.3 Å². The maximum Gasteiger partial charge on any atom is 0.270 e. The minimum atomic E-state index is -4.25. The maximum absolute atomic E-state index is 13.1. The van der Waals surface area contributed by atoms with Gasteiger partial charge in [0.2, 0.25) is 32.4 Å². The lowest BCUT2D eigenvalue weighted by atomic mass is 10.1. The second-order valence-corrected chi connectivity index (χ2v) is 9.18. The topological polar surface area (TPSA) is 147 Å². The van der Waals surface area contributed by atoms with Gasteiger partial charge in [-0.1, -0.05) is 42.5 Å². The Labute approximate surface area is 195 Å². The lowest BCUT2D eigenvalue weighted by Crippen LogP contribution is -2.34. The summed E-state index contributed by atoms with van der Waals surface area (Å²) in [6.45, 7) is 3.04. The smallest absolute Gasteiger partial charge is 0.270 e. The molecule has 1 N–H and O–H groups in total. The van der Waals surface area contributed by atoms with E-state index in [9.17, 15) is 23.1 Å². The zero-order chi connectivity index (χ0) is 24.5. The Balaban J connectivity index is 1.77. The Morgan fingerprint density at radius 1 is 1.00 bits per heavy atom. The third-order valence-corrected chi connectivity index (χ3v) is 6.74. The van der Waals surface area contributed by atoms with E-state index >= 15 is 0 Å². The van der Waals surface area contributed by atoms with Gasteiger partial charge >= 0.3 is 0 Å². The first-order valence-corrected chi connectivity index (χ1v) is 11.7. The van der Waals surface area contributed by atoms with Gasteiger partial charge in [-0.05, 0) is 26.0 Å². The fraction of sp³-hybridized carbons (Fsp3) is 0.182. The number of aromatic nitrogens is 3. The molecule has 174 valence electrons. The van der Waals surface area contributed by atoms with Crippen LogP contribution in [-0.4, -0.2) is 46.4 Å². The number of benzene rings is 2. The SMILES string of the molecule is CCn1c(N=NC2=C(O)N(CC(C)=O)c3ccccc3S2(=O)=O)nnc1C(=O)c1ccccc1. The molecule has 2 heterocycles. The highest BCUT2D eigenvalue weighted by Crippen LogP contribution is 2.38. The first-order chi connectivity index (χ1) is 16.3. The third-order valence-electron chi connectivity index (χ3n) is 5.04. The molecule has 2 aromatic carbocycles. The molecule has 0 radical (unpaired) electrons. The molecule has 0 spiro atoms. The Morgan fingerprint density at radius 2 is 1.68 bits per heavy atom. The summed E-state index contributed by atoms with van der Waals surface area (Å²) in [5.41, 5.74) is 0.557. The van der Waals surface area contributed by atoms with Gasteiger partial charge in [-0.25, -0.2) is 8.42 Å². The van der Waals surface area contributed by atoms with Crippen LogP contribution in [0.2, 0.25) is 0 Å². The number of aliphatic hydroxyl groups is 1. The van der Waals surface area contributed by atoms with Crippen molar-refractivity contribution in [2.75, 3.05) is 11.4 Å². The number of rotatable bonds is 7. The molecule has 1 aliphatic rings. The lowest BCUT2D eigenvalue weighted by Gasteiger charge is -2.29. The van der Waals surface area contributed by atoms with Crippen LogP contribution < -0.4 is 4.90 Å². The highest BCUT2D eigenvalue weighted by molar-refractivity contribution is 7.95. The highest BCUT2D eigenvalue weighted by Gasteiger charge is 2.38. The minimum Gasteiger partial charge on any atom is -0.492 e. The number of sulfone groups is 1. The van der Waals surface area contributed by atoms with Crippen LogP contribution in [-0.2, 0) is 21.2 Å². The molecule has 0 fully saturated rings. The van der Waals surface area contributed by atoms with Crippen molar-refractivity contribution in [2.45, 2.75) is 25.3 Å². The highest BCUT2D eigenvalue weighted by atomic mass is 32.2. The summed E-state index contributed by atoms with van der Waals surface area (Å²) in [4.78, 5) is 25.6. The van der Waals surface area contributed by atoms with Crippen LogP contribution in [0.1, 0.15) is 30.0 Å². The van der Waals surface area contributed by atoms with Crippen LogP contribution in [0.4, 0.5) is 11.6 Å². The van der Waals surface area contributed by atoms with Gasteiger partial charge in [0.15, 0.2) is 0 Å². The summed E-state index contributed by atoms with van der Waals surface area (Å²) >= 11 is 0. The third kappa shape index (κ3) is 3.99. The molecule has 3 aromatic rings. The van der Waals surface area contributed by atoms with Gasteiger partial charge in [0.05, 0.1) is 17.1 Å². The zero-order valence-corrected chi connectivity index (χ0v) is 19.1. The van der Waals surface area contributed by atoms with Crippen molar-refractivity contribution in [3.8, 4) is 0 Å². The van der Waals surface area contributed by atoms with Crippen molar-refractivity contribution in [3.05, 3.63) is 76.9 Å². The van der Waals surface area contributed by atoms with Gasteiger partial charge in [0, 0.05) is 12.1 Å². The van der Waals surface area contributed by atoms with Crippen LogP contribution in [0.3, 0.4) is 0 Å². The summed E-state index contributed by atoms with van der Waals surface area (Å²) in [7, 11) is -4.25. The van der Waals surface area contributed by atoms with Crippen molar-refractivity contribution in [1.29, 1.82) is 0 Å². The second kappa shape index (κ2) is 8.98. The molecule has 0 saturated carbocycles. The van der Waals surface area contributed by atoms with Crippen molar-refractivity contribution >= 4 is 33.0 Å². The summed E-state index contributed by atoms with van der Waals surface area (Å²) in [5, 5.41) is 25.4. The molecule has 0 atom stereocenters. The molecule has 0 bridgehead atoms. The van der Waals surface area contributed by atoms with Crippen molar-refractivity contribution in [3.63, 3.8) is 0 Å². The second-order valence-electron chi connectivity index (χ2n) is 7.35. The van der Waals surface area contributed by atoms with Crippen LogP contribution >= 0.6 is 0 Å². The van der Waals surface area contributed by atoms with E-state index in [1.165, 1.54) is 29.7 Å². The van der Waals surface area contributed by atoms with Crippen molar-refractivity contribution < 1.29 is 23.1 Å². The number of carbonyl (C=O) groups is 2. The van der Waals surface area contributed by atoms with E-state index in [0.717, 1.165) is 4.90 Å². The van der Waals surface area contributed by atoms with Crippen LogP contribution in [0.15, 0.2) is 80.6 Å². The summed E-state index contributed by atoms with van der Waals surface area (Å²) in [5.74, 6) is -1.52. The Morgan fingerprint density at radius 3 is 2.35 bits per heavy atom. The van der Waals surface area contributed by atoms with Crippen molar-refractivity contribution in [1.82, 2.24) is 14.8 Å². The Kier molecular flexibility index (Phi) is 6.07. The molecule has 1 aromatic heterocycles. The fourth-order valence-corrected chi connectivity index (χ4v) is 4.90. The quantitative estimate of drug-likeness (QED) is 0.400. The van der Waals surface area contributed by atoms with Crippen LogP contribution in [0.25, 0.3) is 0 Å². The average molecular weight is 481 g/mol. The Bertz CT molecular complexity index is 1440. The molecular weight excluding hydrogens is 460 g/mol. The normalized spacial score (nSPS) is 14.9. The number of ketones is 2. The number of azo groups is 1. The van der Waals surface area contributed by atoms with E-state index in [-0.39, 0.29) is 47.0 Å². The number of anilines is 1. The molecule has 1 aliphatic heterocycles. The molecule has 34 heavy (non-hydrogen) atoms.